The Labute approximate surface area is 121 Å². The lowest BCUT2D eigenvalue weighted by molar-refractivity contribution is -0.873. The predicted molar refractivity (Wildman–Crippen MR) is 77.4 cm³/mol. The maximum absolute atomic E-state index is 10.8. The fourth-order valence-electron chi connectivity index (χ4n) is 2.09. The number of rotatable bonds is 6. The lowest BCUT2D eigenvalue weighted by Gasteiger charge is -2.26. The number of quaternary nitrogens is 1. The zero-order valence-corrected chi connectivity index (χ0v) is 13.7. The largest absolute Gasteiger partial charge is 0.480 e. The number of aliphatic carboxylic acids is 2. The van der Waals surface area contributed by atoms with E-state index in [1.165, 1.54) is 0 Å². The monoisotopic (exact) mass is 292 g/mol. The molecule has 0 saturated heterocycles. The van der Waals surface area contributed by atoms with E-state index in [9.17, 15) is 9.59 Å². The van der Waals surface area contributed by atoms with Gasteiger partial charge in [-0.1, -0.05) is 20.8 Å². The molecule has 0 aliphatic carbocycles. The minimum Gasteiger partial charge on any atom is -0.480 e. The van der Waals surface area contributed by atoms with E-state index >= 15 is 0 Å². The molecular formula is C14H30NO5+. The van der Waals surface area contributed by atoms with Crippen molar-refractivity contribution in [3.8, 4) is 0 Å². The Bertz CT molecular complexity index is 304. The fraction of sp³-hybridized carbons (Fsp3) is 0.857. The number of hydrogen-bond acceptors (Lipinski definition) is 3. The number of carboxylic acid groups (broad SMARTS) is 2. The van der Waals surface area contributed by atoms with E-state index in [2.05, 4.69) is 21.1 Å². The van der Waals surface area contributed by atoms with Gasteiger partial charge in [0.15, 0.2) is 5.41 Å². The van der Waals surface area contributed by atoms with Crippen LogP contribution in [0.25, 0.3) is 0 Å². The van der Waals surface area contributed by atoms with Gasteiger partial charge in [-0.05, 0) is 19.3 Å². The number of aliphatic hydroxyl groups is 1. The average Bonchev–Trinajstić information content (AvgIpc) is 2.13. The maximum atomic E-state index is 10.8. The summed E-state index contributed by atoms with van der Waals surface area (Å²) < 4.78 is 0.831. The average molecular weight is 292 g/mol. The summed E-state index contributed by atoms with van der Waals surface area (Å²) in [5, 5.41) is 26.4. The molecule has 0 fully saturated rings. The molecule has 0 aliphatic rings. The lowest BCUT2D eigenvalue weighted by Crippen LogP contribution is -2.43. The Morgan fingerprint density at radius 1 is 1.05 bits per heavy atom. The van der Waals surface area contributed by atoms with Crippen LogP contribution in [-0.2, 0) is 9.59 Å². The molecule has 0 spiro atoms. The summed E-state index contributed by atoms with van der Waals surface area (Å²) in [6, 6.07) is 0. The van der Waals surface area contributed by atoms with Crippen LogP contribution in [0.5, 0.6) is 0 Å². The molecule has 0 bridgehead atoms. The summed E-state index contributed by atoms with van der Waals surface area (Å²) in [5.41, 5.74) is -1.63. The lowest BCUT2D eigenvalue weighted by atomic mass is 9.75. The highest BCUT2D eigenvalue weighted by Crippen LogP contribution is 2.31. The van der Waals surface area contributed by atoms with Gasteiger partial charge in [-0.25, -0.2) is 0 Å². The Morgan fingerprint density at radius 3 is 1.40 bits per heavy atom. The molecule has 1 atom stereocenters. The smallest absolute Gasteiger partial charge is 0.321 e. The van der Waals surface area contributed by atoms with E-state index < -0.39 is 23.3 Å². The van der Waals surface area contributed by atoms with Gasteiger partial charge in [-0.15, -0.1) is 0 Å². The van der Waals surface area contributed by atoms with Gasteiger partial charge in [-0.2, -0.15) is 0 Å². The van der Waals surface area contributed by atoms with Crippen LogP contribution in [0, 0.1) is 11.3 Å². The van der Waals surface area contributed by atoms with E-state index in [1.807, 2.05) is 6.92 Å². The van der Waals surface area contributed by atoms with Gasteiger partial charge in [0.25, 0.3) is 0 Å². The zero-order valence-electron chi connectivity index (χ0n) is 13.7. The summed E-state index contributed by atoms with van der Waals surface area (Å²) in [6.07, 6.45) is -0.0787. The molecule has 0 aromatic heterocycles. The zero-order chi connectivity index (χ0) is 16.7. The molecule has 0 saturated carbocycles. The van der Waals surface area contributed by atoms with E-state index in [-0.39, 0.29) is 12.5 Å². The first-order valence-electron chi connectivity index (χ1n) is 6.76. The van der Waals surface area contributed by atoms with E-state index in [4.69, 9.17) is 15.3 Å². The molecule has 6 nitrogen and oxygen atoms in total. The van der Waals surface area contributed by atoms with Gasteiger partial charge in [0.2, 0.25) is 0 Å². The minimum absolute atomic E-state index is 0.106. The van der Waals surface area contributed by atoms with Crippen LogP contribution in [0.15, 0.2) is 0 Å². The Morgan fingerprint density at radius 2 is 1.40 bits per heavy atom. The number of hydrogen-bond donors (Lipinski definition) is 3. The van der Waals surface area contributed by atoms with Crippen LogP contribution in [0.1, 0.15) is 34.1 Å². The first-order chi connectivity index (χ1) is 8.81. The van der Waals surface area contributed by atoms with Crippen LogP contribution in [0.3, 0.4) is 0 Å². The van der Waals surface area contributed by atoms with Crippen LogP contribution < -0.4 is 0 Å². The molecule has 0 aromatic carbocycles. The first-order valence-corrected chi connectivity index (χ1v) is 6.76. The Kier molecular flexibility index (Phi) is 8.69. The van der Waals surface area contributed by atoms with Crippen molar-refractivity contribution in [2.24, 2.45) is 11.3 Å². The quantitative estimate of drug-likeness (QED) is 0.506. The molecule has 3 N–H and O–H groups in total. The number of nitrogens with zero attached hydrogens (tertiary/aromatic N) is 1. The number of carbonyl (C=O) groups is 2. The Hall–Kier alpha value is -1.14. The highest BCUT2D eigenvalue weighted by molar-refractivity contribution is 5.98. The van der Waals surface area contributed by atoms with E-state index in [0.717, 1.165) is 11.0 Å². The van der Waals surface area contributed by atoms with Crippen molar-refractivity contribution in [2.45, 2.75) is 40.2 Å². The summed E-state index contributed by atoms with van der Waals surface area (Å²) >= 11 is 0. The molecule has 6 heteroatoms. The number of aliphatic hydroxyl groups excluding tert-OH is 1. The van der Waals surface area contributed by atoms with Gasteiger partial charge in [0.1, 0.15) is 12.6 Å². The predicted octanol–water partition coefficient (Wildman–Crippen LogP) is 1.28. The molecular weight excluding hydrogens is 262 g/mol. The molecule has 20 heavy (non-hydrogen) atoms. The molecule has 1 unspecified atom stereocenters. The first kappa shape index (κ1) is 21.2. The molecule has 0 aromatic rings. The van der Waals surface area contributed by atoms with Gasteiger partial charge >= 0.3 is 11.9 Å². The van der Waals surface area contributed by atoms with Crippen LogP contribution in [0.2, 0.25) is 0 Å². The van der Waals surface area contributed by atoms with Crippen LogP contribution in [0.4, 0.5) is 0 Å². The van der Waals surface area contributed by atoms with Crippen molar-refractivity contribution in [3.63, 3.8) is 0 Å². The Balaban J connectivity index is 0. The molecule has 0 amide bonds. The van der Waals surface area contributed by atoms with Crippen molar-refractivity contribution in [1.29, 1.82) is 0 Å². The number of carboxylic acids is 2. The molecule has 120 valence electrons. The topological polar surface area (TPSA) is 94.8 Å². The maximum Gasteiger partial charge on any atom is 0.321 e. The third-order valence-corrected chi connectivity index (χ3v) is 3.12. The van der Waals surface area contributed by atoms with E-state index in [1.54, 1.807) is 20.8 Å². The summed E-state index contributed by atoms with van der Waals surface area (Å²) in [6.45, 7) is 7.41. The highest BCUT2D eigenvalue weighted by atomic mass is 16.4. The number of likely N-dealkylation sites (N-methyl/N-ethyl adjacent to an activating group) is 1. The van der Waals surface area contributed by atoms with Crippen molar-refractivity contribution in [1.82, 2.24) is 0 Å². The van der Waals surface area contributed by atoms with Crippen molar-refractivity contribution < 1.29 is 29.4 Å². The molecule has 0 heterocycles. The van der Waals surface area contributed by atoms with Gasteiger partial charge < -0.3 is 19.8 Å². The molecule has 0 radical (unpaired) electrons. The van der Waals surface area contributed by atoms with Crippen LogP contribution >= 0.6 is 0 Å². The van der Waals surface area contributed by atoms with Gasteiger partial charge in [0, 0.05) is 0 Å². The normalized spacial score (nSPS) is 13.4. The van der Waals surface area contributed by atoms with Gasteiger partial charge in [-0.3, -0.25) is 9.59 Å². The van der Waals surface area contributed by atoms with Crippen molar-refractivity contribution in [3.05, 3.63) is 0 Å². The van der Waals surface area contributed by atoms with Crippen molar-refractivity contribution >= 4 is 11.9 Å². The highest BCUT2D eigenvalue weighted by Gasteiger charge is 2.47. The van der Waals surface area contributed by atoms with E-state index in [0.29, 0.717) is 0 Å². The second-order valence-electron chi connectivity index (χ2n) is 6.41. The summed E-state index contributed by atoms with van der Waals surface area (Å²) in [5.74, 6) is -2.92. The molecule has 0 rings (SSSR count). The second-order valence-corrected chi connectivity index (χ2v) is 6.41. The third-order valence-electron chi connectivity index (χ3n) is 3.12. The van der Waals surface area contributed by atoms with Gasteiger partial charge in [0.05, 0.1) is 21.1 Å². The second kappa shape index (κ2) is 8.21. The SMILES string of the molecule is CC(O)C[N+](C)(C)C.CCC(C(=O)O)(C(=O)O)C(C)C. The summed E-state index contributed by atoms with van der Waals surface area (Å²) in [7, 11) is 6.19. The minimum atomic E-state index is -1.63. The summed E-state index contributed by atoms with van der Waals surface area (Å²) in [4.78, 5) is 21.5. The van der Waals surface area contributed by atoms with Crippen molar-refractivity contribution in [2.75, 3.05) is 27.7 Å². The van der Waals surface area contributed by atoms with Crippen LogP contribution in [-0.4, -0.2) is 65.5 Å². The third kappa shape index (κ3) is 6.86. The fourth-order valence-corrected chi connectivity index (χ4v) is 2.09. The standard InChI is InChI=1S/C8H14O4.C6H16NO/c1-4-8(5(2)3,6(9)10)7(11)12;1-6(8)5-7(2,3)4/h5H,4H2,1-3H3,(H,9,10)(H,11,12);6,8H,5H2,1-4H3/q;+1. The molecule has 0 aliphatic heterocycles.